The van der Waals surface area contributed by atoms with Gasteiger partial charge in [0.15, 0.2) is 0 Å². The van der Waals surface area contributed by atoms with Crippen LogP contribution < -0.4 is 4.74 Å². The van der Waals surface area contributed by atoms with Crippen LogP contribution >= 0.6 is 11.6 Å². The van der Waals surface area contributed by atoms with Crippen LogP contribution in [-0.4, -0.2) is 11.1 Å². The number of esters is 1. The van der Waals surface area contributed by atoms with Gasteiger partial charge in [-0.3, -0.25) is 0 Å². The minimum absolute atomic E-state index is 0.0470. The molecular weight excluding hydrogens is 252 g/mol. The Hall–Kier alpha value is -2.00. The fourth-order valence-electron chi connectivity index (χ4n) is 1.50. The maximum absolute atomic E-state index is 11.9. The highest BCUT2D eigenvalue weighted by atomic mass is 35.5. The molecule has 0 heterocycles. The van der Waals surface area contributed by atoms with Gasteiger partial charge in [0, 0.05) is 5.02 Å². The molecule has 2 aromatic carbocycles. The van der Waals surface area contributed by atoms with E-state index in [4.69, 9.17) is 16.3 Å². The Morgan fingerprint density at radius 3 is 2.67 bits per heavy atom. The van der Waals surface area contributed by atoms with Crippen LogP contribution in [-0.2, 0) is 0 Å². The molecule has 92 valence electrons. The van der Waals surface area contributed by atoms with E-state index in [0.29, 0.717) is 10.8 Å². The largest absolute Gasteiger partial charge is 0.507 e. The molecule has 0 aliphatic heterocycles. The first-order valence-corrected chi connectivity index (χ1v) is 5.72. The molecule has 1 N–H and O–H groups in total. The van der Waals surface area contributed by atoms with Crippen molar-refractivity contribution in [1.82, 2.24) is 0 Å². The average Bonchev–Trinajstić information content (AvgIpc) is 2.35. The summed E-state index contributed by atoms with van der Waals surface area (Å²) >= 11 is 5.78. The zero-order valence-corrected chi connectivity index (χ0v) is 10.4. The van der Waals surface area contributed by atoms with Gasteiger partial charge in [-0.05, 0) is 36.8 Å². The summed E-state index contributed by atoms with van der Waals surface area (Å²) in [5, 5.41) is 9.96. The van der Waals surface area contributed by atoms with Crippen LogP contribution in [0, 0.1) is 6.92 Å². The fraction of sp³-hybridized carbons (Fsp3) is 0.0714. The predicted molar refractivity (Wildman–Crippen MR) is 69.3 cm³/mol. The fourth-order valence-corrected chi connectivity index (χ4v) is 1.67. The van der Waals surface area contributed by atoms with Gasteiger partial charge in [-0.25, -0.2) is 4.79 Å². The number of aromatic hydroxyl groups is 1. The molecule has 0 spiro atoms. The summed E-state index contributed by atoms with van der Waals surface area (Å²) < 4.78 is 5.21. The topological polar surface area (TPSA) is 46.5 Å². The van der Waals surface area contributed by atoms with E-state index in [0.717, 1.165) is 5.56 Å². The van der Waals surface area contributed by atoms with E-state index < -0.39 is 5.97 Å². The second-order valence-corrected chi connectivity index (χ2v) is 4.25. The van der Waals surface area contributed by atoms with Gasteiger partial charge in [-0.15, -0.1) is 0 Å². The number of benzene rings is 2. The van der Waals surface area contributed by atoms with E-state index in [2.05, 4.69) is 0 Å². The Bertz CT molecular complexity index is 593. The van der Waals surface area contributed by atoms with Crippen LogP contribution in [0.4, 0.5) is 0 Å². The molecular formula is C14H11ClO3. The van der Waals surface area contributed by atoms with Crippen molar-refractivity contribution in [3.05, 3.63) is 58.6 Å². The third-order valence-electron chi connectivity index (χ3n) is 2.47. The van der Waals surface area contributed by atoms with Crippen molar-refractivity contribution < 1.29 is 14.6 Å². The number of aryl methyl sites for hydroxylation is 1. The standard InChI is InChI=1S/C14H11ClO3/c1-9-4-2-3-5-13(9)18-14(17)11-8-10(15)6-7-12(11)16/h2-8,16H,1H3. The molecule has 0 fully saturated rings. The molecule has 0 amide bonds. The maximum Gasteiger partial charge on any atom is 0.347 e. The summed E-state index contributed by atoms with van der Waals surface area (Å²) in [5.74, 6) is -0.329. The van der Waals surface area contributed by atoms with Crippen LogP contribution in [0.2, 0.25) is 5.02 Å². The normalized spacial score (nSPS) is 10.1. The first-order chi connectivity index (χ1) is 8.58. The van der Waals surface area contributed by atoms with Crippen LogP contribution in [0.1, 0.15) is 15.9 Å². The SMILES string of the molecule is Cc1ccccc1OC(=O)c1cc(Cl)ccc1O. The molecule has 0 saturated carbocycles. The Morgan fingerprint density at radius 2 is 1.94 bits per heavy atom. The van der Waals surface area contributed by atoms with E-state index in [1.165, 1.54) is 18.2 Å². The van der Waals surface area contributed by atoms with E-state index >= 15 is 0 Å². The summed E-state index contributed by atoms with van der Waals surface area (Å²) in [6.07, 6.45) is 0. The second-order valence-electron chi connectivity index (χ2n) is 3.82. The van der Waals surface area contributed by atoms with E-state index in [1.54, 1.807) is 12.1 Å². The third-order valence-corrected chi connectivity index (χ3v) is 2.71. The molecule has 2 rings (SSSR count). The van der Waals surface area contributed by atoms with Crippen molar-refractivity contribution in [2.45, 2.75) is 6.92 Å². The number of ether oxygens (including phenoxy) is 1. The zero-order valence-electron chi connectivity index (χ0n) is 9.68. The van der Waals surface area contributed by atoms with Gasteiger partial charge in [0.1, 0.15) is 17.1 Å². The first-order valence-electron chi connectivity index (χ1n) is 5.34. The number of carbonyl (C=O) groups excluding carboxylic acids is 1. The molecule has 0 saturated heterocycles. The molecule has 0 aliphatic rings. The number of phenols is 1. The maximum atomic E-state index is 11.9. The number of para-hydroxylation sites is 1. The van der Waals surface area contributed by atoms with E-state index in [1.807, 2.05) is 19.1 Å². The summed E-state index contributed by atoms with van der Waals surface area (Å²) in [6.45, 7) is 1.83. The number of rotatable bonds is 2. The van der Waals surface area contributed by atoms with Crippen LogP contribution in [0.15, 0.2) is 42.5 Å². The van der Waals surface area contributed by atoms with Gasteiger partial charge in [-0.1, -0.05) is 29.8 Å². The lowest BCUT2D eigenvalue weighted by atomic mass is 10.2. The summed E-state index contributed by atoms with van der Waals surface area (Å²) in [6, 6.07) is 11.4. The van der Waals surface area contributed by atoms with Crippen LogP contribution in [0.5, 0.6) is 11.5 Å². The lowest BCUT2D eigenvalue weighted by Crippen LogP contribution is -2.09. The summed E-state index contributed by atoms with van der Waals surface area (Å²) in [5.41, 5.74) is 0.887. The molecule has 4 heteroatoms. The average molecular weight is 263 g/mol. The lowest BCUT2D eigenvalue weighted by Gasteiger charge is -2.08. The summed E-state index contributed by atoms with van der Waals surface area (Å²) in [7, 11) is 0. The molecule has 18 heavy (non-hydrogen) atoms. The molecule has 3 nitrogen and oxygen atoms in total. The Balaban J connectivity index is 2.28. The zero-order chi connectivity index (χ0) is 13.1. The van der Waals surface area contributed by atoms with Crippen LogP contribution in [0.25, 0.3) is 0 Å². The number of phenolic OH excluding ortho intramolecular Hbond substituents is 1. The molecule has 0 aliphatic carbocycles. The monoisotopic (exact) mass is 262 g/mol. The highest BCUT2D eigenvalue weighted by Gasteiger charge is 2.14. The van der Waals surface area contributed by atoms with Crippen molar-refractivity contribution in [3.63, 3.8) is 0 Å². The van der Waals surface area contributed by atoms with Crippen LogP contribution in [0.3, 0.4) is 0 Å². The predicted octanol–water partition coefficient (Wildman–Crippen LogP) is 3.57. The lowest BCUT2D eigenvalue weighted by molar-refractivity contribution is 0.0730. The Labute approximate surface area is 110 Å². The number of hydrogen-bond donors (Lipinski definition) is 1. The van der Waals surface area contributed by atoms with Gasteiger partial charge < -0.3 is 9.84 Å². The first kappa shape index (κ1) is 12.5. The summed E-state index contributed by atoms with van der Waals surface area (Å²) in [4.78, 5) is 11.9. The van der Waals surface area contributed by atoms with Gasteiger partial charge in [0.2, 0.25) is 0 Å². The Morgan fingerprint density at radius 1 is 1.22 bits per heavy atom. The number of carbonyl (C=O) groups is 1. The van der Waals surface area contributed by atoms with Crippen molar-refractivity contribution in [2.24, 2.45) is 0 Å². The van der Waals surface area contributed by atoms with E-state index in [9.17, 15) is 9.90 Å². The number of hydrogen-bond acceptors (Lipinski definition) is 3. The van der Waals surface area contributed by atoms with Crippen molar-refractivity contribution in [1.29, 1.82) is 0 Å². The smallest absolute Gasteiger partial charge is 0.347 e. The van der Waals surface area contributed by atoms with Gasteiger partial charge in [0.05, 0.1) is 0 Å². The highest BCUT2D eigenvalue weighted by Crippen LogP contribution is 2.24. The van der Waals surface area contributed by atoms with Gasteiger partial charge in [0.25, 0.3) is 0 Å². The molecule has 2 aromatic rings. The second kappa shape index (κ2) is 5.10. The van der Waals surface area contributed by atoms with Crippen molar-refractivity contribution in [3.8, 4) is 11.5 Å². The molecule has 0 atom stereocenters. The molecule has 0 aromatic heterocycles. The van der Waals surface area contributed by atoms with Crippen molar-refractivity contribution >= 4 is 17.6 Å². The van der Waals surface area contributed by atoms with Crippen molar-refractivity contribution in [2.75, 3.05) is 0 Å². The number of halogens is 1. The molecule has 0 unspecified atom stereocenters. The molecule has 0 bridgehead atoms. The van der Waals surface area contributed by atoms with Gasteiger partial charge >= 0.3 is 5.97 Å². The minimum atomic E-state index is -0.635. The highest BCUT2D eigenvalue weighted by molar-refractivity contribution is 6.31. The third kappa shape index (κ3) is 2.63. The minimum Gasteiger partial charge on any atom is -0.507 e. The quantitative estimate of drug-likeness (QED) is 0.665. The van der Waals surface area contributed by atoms with E-state index in [-0.39, 0.29) is 11.3 Å². The van der Waals surface area contributed by atoms with Gasteiger partial charge in [-0.2, -0.15) is 0 Å². The Kier molecular flexibility index (Phi) is 3.53. The molecule has 0 radical (unpaired) electrons.